The molecule has 0 aliphatic heterocycles. The van der Waals surface area contributed by atoms with E-state index in [1.54, 1.807) is 19.1 Å². The first-order chi connectivity index (χ1) is 11.0. The van der Waals surface area contributed by atoms with Gasteiger partial charge in [0.1, 0.15) is 29.6 Å². The number of hydrogen-bond donors (Lipinski definition) is 0. The van der Waals surface area contributed by atoms with Crippen molar-refractivity contribution in [3.8, 4) is 5.75 Å². The van der Waals surface area contributed by atoms with Crippen LogP contribution in [0.15, 0.2) is 45.6 Å². The van der Waals surface area contributed by atoms with Gasteiger partial charge in [-0.2, -0.15) is 0 Å². The van der Waals surface area contributed by atoms with Crippen LogP contribution in [0, 0.1) is 25.5 Å². The Morgan fingerprint density at radius 1 is 1.09 bits per heavy atom. The van der Waals surface area contributed by atoms with Crippen molar-refractivity contribution in [2.75, 3.05) is 0 Å². The Labute approximate surface area is 131 Å². The second-order valence-corrected chi connectivity index (χ2v) is 5.37. The molecule has 0 spiro atoms. The topological polar surface area (TPSA) is 39.4 Å². The van der Waals surface area contributed by atoms with Crippen LogP contribution in [0.25, 0.3) is 11.0 Å². The molecule has 1 heterocycles. The van der Waals surface area contributed by atoms with E-state index in [4.69, 9.17) is 9.15 Å². The van der Waals surface area contributed by atoms with Crippen molar-refractivity contribution in [1.82, 2.24) is 0 Å². The van der Waals surface area contributed by atoms with Crippen molar-refractivity contribution in [2.24, 2.45) is 0 Å². The number of aryl methyl sites for hydroxylation is 2. The summed E-state index contributed by atoms with van der Waals surface area (Å²) in [5.74, 6) is -0.903. The molecule has 0 aliphatic rings. The van der Waals surface area contributed by atoms with Gasteiger partial charge in [-0.15, -0.1) is 0 Å². The summed E-state index contributed by atoms with van der Waals surface area (Å²) in [6.07, 6.45) is 0. The lowest BCUT2D eigenvalue weighted by molar-refractivity contribution is 0.295. The fourth-order valence-corrected chi connectivity index (χ4v) is 2.51. The molecule has 3 nitrogen and oxygen atoms in total. The predicted molar refractivity (Wildman–Crippen MR) is 82.6 cm³/mol. The summed E-state index contributed by atoms with van der Waals surface area (Å²) in [5, 5.41) is 0.618. The van der Waals surface area contributed by atoms with Crippen LogP contribution in [0.4, 0.5) is 8.78 Å². The lowest BCUT2D eigenvalue weighted by atomic mass is 10.1. The van der Waals surface area contributed by atoms with Crippen LogP contribution in [0.1, 0.15) is 16.7 Å². The highest BCUT2D eigenvalue weighted by Gasteiger charge is 2.13. The Balaban J connectivity index is 2.05. The number of halogens is 2. The molecule has 3 aromatic rings. The fraction of sp³-hybridized carbons (Fsp3) is 0.167. The summed E-state index contributed by atoms with van der Waals surface area (Å²) in [5.41, 5.74) is 1.29. The van der Waals surface area contributed by atoms with E-state index in [2.05, 4.69) is 0 Å². The second-order valence-electron chi connectivity index (χ2n) is 5.37. The third-order valence-corrected chi connectivity index (χ3v) is 3.58. The zero-order chi connectivity index (χ0) is 16.6. The van der Waals surface area contributed by atoms with Crippen molar-refractivity contribution in [2.45, 2.75) is 20.5 Å². The van der Waals surface area contributed by atoms with Gasteiger partial charge < -0.3 is 9.15 Å². The van der Waals surface area contributed by atoms with Crippen LogP contribution in [-0.4, -0.2) is 0 Å². The molecule has 0 bridgehead atoms. The lowest BCUT2D eigenvalue weighted by Gasteiger charge is -2.12. The maximum Gasteiger partial charge on any atom is 0.336 e. The van der Waals surface area contributed by atoms with Gasteiger partial charge in [0.15, 0.2) is 0 Å². The zero-order valence-corrected chi connectivity index (χ0v) is 12.7. The average Bonchev–Trinajstić information content (AvgIpc) is 2.45. The third-order valence-electron chi connectivity index (χ3n) is 3.58. The van der Waals surface area contributed by atoms with Crippen molar-refractivity contribution in [3.63, 3.8) is 0 Å². The highest BCUT2D eigenvalue weighted by atomic mass is 19.1. The first kappa shape index (κ1) is 15.2. The van der Waals surface area contributed by atoms with Crippen LogP contribution in [0.2, 0.25) is 0 Å². The van der Waals surface area contributed by atoms with E-state index in [-0.39, 0.29) is 12.2 Å². The van der Waals surface area contributed by atoms with E-state index >= 15 is 0 Å². The van der Waals surface area contributed by atoms with Gasteiger partial charge in [0.2, 0.25) is 0 Å². The van der Waals surface area contributed by atoms with Gasteiger partial charge in [0, 0.05) is 6.07 Å². The molecule has 3 rings (SSSR count). The van der Waals surface area contributed by atoms with E-state index in [0.29, 0.717) is 22.3 Å². The standard InChI is InChI=1S/C18H14F2O3/c1-10-6-15(18-11(2)8-17(21)23-16(18)7-10)22-9-12-13(19)4-3-5-14(12)20/h3-8H,9H2,1-2H3. The number of fused-ring (bicyclic) bond motifs is 1. The highest BCUT2D eigenvalue weighted by molar-refractivity contribution is 5.87. The molecule has 0 atom stereocenters. The quantitative estimate of drug-likeness (QED) is 0.678. The van der Waals surface area contributed by atoms with E-state index in [0.717, 1.165) is 5.56 Å². The first-order valence-electron chi connectivity index (χ1n) is 7.06. The Morgan fingerprint density at radius 2 is 1.78 bits per heavy atom. The number of rotatable bonds is 3. The molecular formula is C18H14F2O3. The molecule has 0 unspecified atom stereocenters. The Kier molecular flexibility index (Phi) is 3.86. The summed E-state index contributed by atoms with van der Waals surface area (Å²) >= 11 is 0. The Hall–Kier alpha value is -2.69. The van der Waals surface area contributed by atoms with Gasteiger partial charge in [0.05, 0.1) is 10.9 Å². The molecule has 23 heavy (non-hydrogen) atoms. The number of hydrogen-bond acceptors (Lipinski definition) is 3. The minimum atomic E-state index is -0.662. The van der Waals surface area contributed by atoms with Crippen molar-refractivity contribution < 1.29 is 17.9 Å². The molecule has 0 saturated heterocycles. The smallest absolute Gasteiger partial charge is 0.336 e. The van der Waals surface area contributed by atoms with Gasteiger partial charge in [-0.05, 0) is 49.2 Å². The van der Waals surface area contributed by atoms with Gasteiger partial charge in [-0.1, -0.05) is 6.07 Å². The molecule has 118 valence electrons. The van der Waals surface area contributed by atoms with Gasteiger partial charge in [0.25, 0.3) is 0 Å². The molecule has 0 radical (unpaired) electrons. The first-order valence-corrected chi connectivity index (χ1v) is 7.06. The largest absolute Gasteiger partial charge is 0.488 e. The summed E-state index contributed by atoms with van der Waals surface area (Å²) in [6, 6.07) is 8.48. The molecular weight excluding hydrogens is 302 g/mol. The van der Waals surface area contributed by atoms with E-state index in [9.17, 15) is 13.6 Å². The minimum Gasteiger partial charge on any atom is -0.488 e. The van der Waals surface area contributed by atoms with E-state index < -0.39 is 17.3 Å². The van der Waals surface area contributed by atoms with Crippen LogP contribution in [0.5, 0.6) is 5.75 Å². The Morgan fingerprint density at radius 3 is 2.48 bits per heavy atom. The fourth-order valence-electron chi connectivity index (χ4n) is 2.51. The summed E-state index contributed by atoms with van der Waals surface area (Å²) in [7, 11) is 0. The molecule has 0 fully saturated rings. The van der Waals surface area contributed by atoms with E-state index in [1.807, 2.05) is 6.92 Å². The SMILES string of the molecule is Cc1cc(OCc2c(F)cccc2F)c2c(C)cc(=O)oc2c1. The minimum absolute atomic E-state index is 0.141. The van der Waals surface area contributed by atoms with E-state index in [1.165, 1.54) is 24.3 Å². The van der Waals surface area contributed by atoms with Crippen molar-refractivity contribution >= 4 is 11.0 Å². The van der Waals surface area contributed by atoms with Gasteiger partial charge in [-0.3, -0.25) is 0 Å². The van der Waals surface area contributed by atoms with Crippen LogP contribution < -0.4 is 10.4 Å². The molecule has 5 heteroatoms. The van der Waals surface area contributed by atoms with Gasteiger partial charge in [-0.25, -0.2) is 13.6 Å². The number of ether oxygens (including phenoxy) is 1. The maximum absolute atomic E-state index is 13.7. The van der Waals surface area contributed by atoms with Crippen LogP contribution in [-0.2, 0) is 6.61 Å². The van der Waals surface area contributed by atoms with Crippen molar-refractivity contribution in [3.05, 3.63) is 75.1 Å². The molecule has 1 aromatic heterocycles. The zero-order valence-electron chi connectivity index (χ0n) is 12.7. The normalized spacial score (nSPS) is 11.0. The summed E-state index contributed by atoms with van der Waals surface area (Å²) in [6.45, 7) is 3.32. The maximum atomic E-state index is 13.7. The lowest BCUT2D eigenvalue weighted by Crippen LogP contribution is -2.04. The molecule has 0 amide bonds. The predicted octanol–water partition coefficient (Wildman–Crippen LogP) is 4.27. The van der Waals surface area contributed by atoms with Crippen LogP contribution >= 0.6 is 0 Å². The monoisotopic (exact) mass is 316 g/mol. The molecule has 0 saturated carbocycles. The molecule has 0 aliphatic carbocycles. The molecule has 2 aromatic carbocycles. The summed E-state index contributed by atoms with van der Waals surface area (Å²) < 4.78 is 38.2. The third kappa shape index (κ3) is 2.95. The highest BCUT2D eigenvalue weighted by Crippen LogP contribution is 2.30. The summed E-state index contributed by atoms with van der Waals surface area (Å²) in [4.78, 5) is 11.5. The van der Waals surface area contributed by atoms with Crippen LogP contribution in [0.3, 0.4) is 0 Å². The molecule has 0 N–H and O–H groups in total. The Bertz CT molecular complexity index is 925. The van der Waals surface area contributed by atoms with Gasteiger partial charge >= 0.3 is 5.63 Å². The van der Waals surface area contributed by atoms with Crippen molar-refractivity contribution in [1.29, 1.82) is 0 Å². The average molecular weight is 316 g/mol. The number of benzene rings is 2. The second kappa shape index (κ2) is 5.83.